The average Bonchev–Trinajstić information content (AvgIpc) is 3.38. The lowest BCUT2D eigenvalue weighted by molar-refractivity contribution is 0.102. The van der Waals surface area contributed by atoms with Gasteiger partial charge in [0.15, 0.2) is 28.0 Å². The number of carbonyl (C=O) groups is 1. The number of fused-ring (bicyclic) bond motifs is 2. The van der Waals surface area contributed by atoms with E-state index in [4.69, 9.17) is 14.2 Å². The molecule has 0 unspecified atom stereocenters. The van der Waals surface area contributed by atoms with E-state index in [1.165, 1.54) is 11.3 Å². The number of pyridine rings is 1. The fourth-order valence-corrected chi connectivity index (χ4v) is 4.24. The molecule has 8 nitrogen and oxygen atoms in total. The number of aryl methyl sites for hydroxylation is 1. The van der Waals surface area contributed by atoms with Crippen molar-refractivity contribution < 1.29 is 19.0 Å². The van der Waals surface area contributed by atoms with E-state index in [-0.39, 0.29) is 5.91 Å². The molecule has 9 heteroatoms. The zero-order chi connectivity index (χ0) is 21.4. The Balaban J connectivity index is 1.40. The molecule has 0 atom stereocenters. The molecule has 0 saturated carbocycles. The Labute approximate surface area is 182 Å². The molecule has 1 amide bonds. The summed E-state index contributed by atoms with van der Waals surface area (Å²) < 4.78 is 18.6. The number of rotatable bonds is 5. The number of thiazole rings is 1. The topological polar surface area (TPSA) is 87.0 Å². The number of imidazole rings is 1. The number of carbonyl (C=O) groups excluding carboxylic acids is 1. The smallest absolute Gasteiger partial charge is 0.276 e. The normalized spacial score (nSPS) is 12.7. The van der Waals surface area contributed by atoms with Crippen molar-refractivity contribution in [3.8, 4) is 28.5 Å². The summed E-state index contributed by atoms with van der Waals surface area (Å²) in [5.74, 6) is 1.80. The van der Waals surface area contributed by atoms with E-state index in [1.807, 2.05) is 42.6 Å². The molecular weight excluding hydrogens is 416 g/mol. The fraction of sp³-hybridized carbons (Fsp3) is 0.227. The van der Waals surface area contributed by atoms with Crippen molar-refractivity contribution >= 4 is 28.0 Å². The number of benzene rings is 1. The Morgan fingerprint density at radius 1 is 1.23 bits per heavy atom. The molecule has 0 saturated heterocycles. The monoisotopic (exact) mass is 436 g/mol. The maximum absolute atomic E-state index is 13.0. The largest absolute Gasteiger partial charge is 0.490 e. The van der Waals surface area contributed by atoms with Crippen LogP contribution in [0.5, 0.6) is 17.2 Å². The Morgan fingerprint density at radius 2 is 2.06 bits per heavy atom. The van der Waals surface area contributed by atoms with E-state index in [1.54, 1.807) is 17.5 Å². The first-order valence-electron chi connectivity index (χ1n) is 9.91. The minimum Gasteiger partial charge on any atom is -0.490 e. The van der Waals surface area contributed by atoms with E-state index >= 15 is 0 Å². The molecule has 4 aromatic rings. The first-order valence-corrected chi connectivity index (χ1v) is 10.8. The van der Waals surface area contributed by atoms with Crippen LogP contribution in [0.3, 0.4) is 0 Å². The van der Waals surface area contributed by atoms with Crippen molar-refractivity contribution in [3.63, 3.8) is 0 Å². The van der Waals surface area contributed by atoms with E-state index < -0.39 is 0 Å². The lowest BCUT2D eigenvalue weighted by Gasteiger charge is -2.18. The summed E-state index contributed by atoms with van der Waals surface area (Å²) in [4.78, 5) is 22.1. The molecule has 158 valence electrons. The summed E-state index contributed by atoms with van der Waals surface area (Å²) in [5.41, 5.74) is 3.34. The van der Waals surface area contributed by atoms with Gasteiger partial charge in [-0.3, -0.25) is 14.5 Å². The molecule has 31 heavy (non-hydrogen) atoms. The number of hydrogen-bond acceptors (Lipinski definition) is 7. The molecule has 0 radical (unpaired) electrons. The molecule has 1 aromatic carbocycles. The molecule has 1 N–H and O–H groups in total. The molecule has 0 aliphatic carbocycles. The number of aromatic nitrogens is 3. The van der Waals surface area contributed by atoms with Crippen LogP contribution in [0.2, 0.25) is 0 Å². The third kappa shape index (κ3) is 3.57. The number of nitrogens with zero attached hydrogens (tertiary/aromatic N) is 3. The second-order valence-corrected chi connectivity index (χ2v) is 7.75. The zero-order valence-corrected chi connectivity index (χ0v) is 17.9. The summed E-state index contributed by atoms with van der Waals surface area (Å²) in [6.07, 6.45) is 1.80. The third-order valence-electron chi connectivity index (χ3n) is 4.87. The van der Waals surface area contributed by atoms with Crippen molar-refractivity contribution in [3.05, 3.63) is 53.3 Å². The van der Waals surface area contributed by atoms with Crippen LogP contribution in [0.4, 0.5) is 5.13 Å². The fourth-order valence-electron chi connectivity index (χ4n) is 3.52. The number of nitrogens with one attached hydrogen (secondary N) is 1. The van der Waals surface area contributed by atoms with Gasteiger partial charge in [0.25, 0.3) is 5.91 Å². The van der Waals surface area contributed by atoms with Crippen molar-refractivity contribution in [1.82, 2.24) is 14.4 Å². The quantitative estimate of drug-likeness (QED) is 0.505. The number of hydrogen-bond donors (Lipinski definition) is 1. The molecule has 1 aliphatic heterocycles. The average molecular weight is 436 g/mol. The molecular formula is C22H20N4O4S. The first-order chi connectivity index (χ1) is 15.1. The van der Waals surface area contributed by atoms with Gasteiger partial charge in [0, 0.05) is 17.1 Å². The molecule has 3 aromatic heterocycles. The van der Waals surface area contributed by atoms with Gasteiger partial charge in [-0.2, -0.15) is 0 Å². The lowest BCUT2D eigenvalue weighted by Crippen LogP contribution is -2.15. The third-order valence-corrected chi connectivity index (χ3v) is 5.62. The minimum atomic E-state index is -0.276. The van der Waals surface area contributed by atoms with Gasteiger partial charge < -0.3 is 14.2 Å². The zero-order valence-electron chi connectivity index (χ0n) is 17.0. The van der Waals surface area contributed by atoms with Crippen molar-refractivity contribution in [2.75, 3.05) is 25.1 Å². The molecule has 5 rings (SSSR count). The second kappa shape index (κ2) is 7.92. The van der Waals surface area contributed by atoms with E-state index in [2.05, 4.69) is 15.3 Å². The Hall–Kier alpha value is -3.59. The van der Waals surface area contributed by atoms with Crippen LogP contribution >= 0.6 is 11.3 Å². The molecule has 0 fully saturated rings. The summed E-state index contributed by atoms with van der Waals surface area (Å²) in [7, 11) is 0. The van der Waals surface area contributed by atoms with Crippen LogP contribution in [-0.4, -0.2) is 40.1 Å². The molecule has 0 spiro atoms. The summed E-state index contributed by atoms with van der Waals surface area (Å²) in [6, 6.07) is 9.38. The van der Waals surface area contributed by atoms with Gasteiger partial charge >= 0.3 is 0 Å². The highest BCUT2D eigenvalue weighted by Gasteiger charge is 2.20. The van der Waals surface area contributed by atoms with Crippen molar-refractivity contribution in [1.29, 1.82) is 0 Å². The molecule has 1 aliphatic rings. The second-order valence-electron chi connectivity index (χ2n) is 6.90. The molecule has 0 bridgehead atoms. The van der Waals surface area contributed by atoms with Crippen molar-refractivity contribution in [2.45, 2.75) is 13.8 Å². The van der Waals surface area contributed by atoms with Crippen LogP contribution in [-0.2, 0) is 0 Å². The summed E-state index contributed by atoms with van der Waals surface area (Å²) in [6.45, 7) is 5.32. The predicted molar refractivity (Wildman–Crippen MR) is 118 cm³/mol. The van der Waals surface area contributed by atoms with Crippen LogP contribution in [0.25, 0.3) is 16.9 Å². The van der Waals surface area contributed by atoms with Gasteiger partial charge in [-0.05, 0) is 44.2 Å². The highest BCUT2D eigenvalue weighted by molar-refractivity contribution is 7.14. The van der Waals surface area contributed by atoms with Gasteiger partial charge in [-0.25, -0.2) is 9.97 Å². The predicted octanol–water partition coefficient (Wildman–Crippen LogP) is 4.19. The maximum atomic E-state index is 13.0. The Bertz CT molecular complexity index is 1280. The van der Waals surface area contributed by atoms with E-state index in [0.29, 0.717) is 53.5 Å². The first kappa shape index (κ1) is 19.4. The lowest BCUT2D eigenvalue weighted by atomic mass is 10.1. The van der Waals surface area contributed by atoms with Crippen molar-refractivity contribution in [2.24, 2.45) is 0 Å². The Kier molecular flexibility index (Phi) is 4.95. The maximum Gasteiger partial charge on any atom is 0.276 e. The van der Waals surface area contributed by atoms with Crippen LogP contribution in [0, 0.1) is 6.92 Å². The summed E-state index contributed by atoms with van der Waals surface area (Å²) in [5, 5.41) is 5.30. The number of amides is 1. The van der Waals surface area contributed by atoms with Crippen LogP contribution in [0.1, 0.15) is 23.1 Å². The van der Waals surface area contributed by atoms with Gasteiger partial charge in [-0.15, -0.1) is 11.3 Å². The molecule has 4 heterocycles. The van der Waals surface area contributed by atoms with E-state index in [9.17, 15) is 4.79 Å². The number of anilines is 1. The number of ether oxygens (including phenoxy) is 3. The minimum absolute atomic E-state index is 0.276. The van der Waals surface area contributed by atoms with E-state index in [0.717, 1.165) is 17.0 Å². The van der Waals surface area contributed by atoms with Crippen LogP contribution < -0.4 is 19.5 Å². The van der Waals surface area contributed by atoms with Crippen LogP contribution in [0.15, 0.2) is 41.9 Å². The standard InChI is InChI=1S/C22H20N4O4S/c1-3-28-17-5-4-8-26-19(13(2)23-20(17)26)21(27)25-22-24-15(12-31-22)14-6-7-16-18(11-14)30-10-9-29-16/h4-8,11-12H,3,9-10H2,1-2H3,(H,24,25,27). The van der Waals surface area contributed by atoms with Gasteiger partial charge in [-0.1, -0.05) is 0 Å². The highest BCUT2D eigenvalue weighted by Crippen LogP contribution is 2.35. The van der Waals surface area contributed by atoms with Gasteiger partial charge in [0.1, 0.15) is 18.9 Å². The Morgan fingerprint density at radius 3 is 2.90 bits per heavy atom. The van der Waals surface area contributed by atoms with Gasteiger partial charge in [0.05, 0.1) is 18.0 Å². The van der Waals surface area contributed by atoms with Gasteiger partial charge in [0.2, 0.25) is 0 Å². The SMILES string of the molecule is CCOc1cccn2c(C(=O)Nc3nc(-c4ccc5c(c4)OCCO5)cs3)c(C)nc12. The highest BCUT2D eigenvalue weighted by atomic mass is 32.1. The summed E-state index contributed by atoms with van der Waals surface area (Å²) >= 11 is 1.36.